The molecular weight excluding hydrogens is 312 g/mol. The van der Waals surface area contributed by atoms with Gasteiger partial charge in [-0.3, -0.25) is 9.48 Å². The lowest BCUT2D eigenvalue weighted by atomic mass is 10.0. The van der Waals surface area contributed by atoms with Crippen LogP contribution in [0, 0.1) is 6.92 Å². The van der Waals surface area contributed by atoms with Gasteiger partial charge in [0.1, 0.15) is 0 Å². The summed E-state index contributed by atoms with van der Waals surface area (Å²) in [6, 6.07) is 8.56. The molecule has 1 fully saturated rings. The maximum absolute atomic E-state index is 12.7. The maximum Gasteiger partial charge on any atom is 0.222 e. The number of hydrogen-bond acceptors (Lipinski definition) is 2. The van der Waals surface area contributed by atoms with Crippen molar-refractivity contribution in [3.05, 3.63) is 54.0 Å². The van der Waals surface area contributed by atoms with Crippen molar-refractivity contribution in [1.82, 2.24) is 19.7 Å². The number of carbonyl (C=O) groups excluding carboxylic acids is 1. The number of nitrogens with zero attached hydrogens (tertiary/aromatic N) is 3. The zero-order valence-corrected chi connectivity index (χ0v) is 14.6. The number of piperidine rings is 1. The quantitative estimate of drug-likeness (QED) is 0.793. The molecule has 0 aliphatic carbocycles. The molecule has 1 aliphatic heterocycles. The number of rotatable bonds is 4. The first-order valence-corrected chi connectivity index (χ1v) is 9.04. The number of benzene rings is 1. The lowest BCUT2D eigenvalue weighted by Crippen LogP contribution is -2.40. The fourth-order valence-electron chi connectivity index (χ4n) is 3.77. The minimum atomic E-state index is 0.249. The molecule has 5 nitrogen and oxygen atoms in total. The van der Waals surface area contributed by atoms with Crippen LogP contribution in [0.5, 0.6) is 0 Å². The predicted molar refractivity (Wildman–Crippen MR) is 98.4 cm³/mol. The minimum absolute atomic E-state index is 0.249. The molecule has 1 amide bonds. The van der Waals surface area contributed by atoms with E-state index in [9.17, 15) is 4.79 Å². The second-order valence-corrected chi connectivity index (χ2v) is 6.99. The Balaban J connectivity index is 1.39. The molecule has 1 atom stereocenters. The van der Waals surface area contributed by atoms with E-state index in [0.717, 1.165) is 37.9 Å². The van der Waals surface area contributed by atoms with E-state index in [1.165, 1.54) is 16.5 Å². The van der Waals surface area contributed by atoms with Gasteiger partial charge in [0.25, 0.3) is 0 Å². The number of likely N-dealkylation sites (tertiary alicyclic amines) is 1. The van der Waals surface area contributed by atoms with Crippen LogP contribution in [0.1, 0.15) is 36.4 Å². The van der Waals surface area contributed by atoms with Gasteiger partial charge in [-0.2, -0.15) is 5.10 Å². The normalized spacial score (nSPS) is 18.0. The molecule has 2 aromatic heterocycles. The number of fused-ring (bicyclic) bond motifs is 1. The second kappa shape index (κ2) is 6.75. The third-order valence-electron chi connectivity index (χ3n) is 5.14. The van der Waals surface area contributed by atoms with Gasteiger partial charge in [-0.05, 0) is 43.4 Å². The van der Waals surface area contributed by atoms with Crippen LogP contribution in [-0.4, -0.2) is 38.7 Å². The Morgan fingerprint density at radius 3 is 3.08 bits per heavy atom. The molecule has 1 aliphatic rings. The molecule has 130 valence electrons. The average molecular weight is 336 g/mol. The molecule has 1 unspecified atom stereocenters. The molecule has 0 bridgehead atoms. The third-order valence-corrected chi connectivity index (χ3v) is 5.14. The van der Waals surface area contributed by atoms with E-state index < -0.39 is 0 Å². The Bertz CT molecular complexity index is 879. The van der Waals surface area contributed by atoms with Crippen LogP contribution in [0.15, 0.2) is 42.9 Å². The zero-order valence-electron chi connectivity index (χ0n) is 14.6. The lowest BCUT2D eigenvalue weighted by molar-refractivity contribution is -0.132. The Kier molecular flexibility index (Phi) is 4.30. The average Bonchev–Trinajstić information content (AvgIpc) is 3.26. The molecule has 1 saturated heterocycles. The molecular formula is C20H24N4O. The fourth-order valence-corrected chi connectivity index (χ4v) is 3.77. The van der Waals surface area contributed by atoms with E-state index >= 15 is 0 Å². The molecule has 0 saturated carbocycles. The number of nitrogens with one attached hydrogen (secondary N) is 1. The molecule has 0 spiro atoms. The van der Waals surface area contributed by atoms with Crippen molar-refractivity contribution in [3.8, 4) is 0 Å². The highest BCUT2D eigenvalue weighted by Crippen LogP contribution is 2.23. The molecule has 0 radical (unpaired) electrons. The fraction of sp³-hybridized carbons (Fsp3) is 0.400. The molecule has 25 heavy (non-hydrogen) atoms. The first-order chi connectivity index (χ1) is 12.2. The van der Waals surface area contributed by atoms with Gasteiger partial charge in [-0.25, -0.2) is 0 Å². The summed E-state index contributed by atoms with van der Waals surface area (Å²) in [6.45, 7) is 3.69. The number of aryl methyl sites for hydroxylation is 2. The van der Waals surface area contributed by atoms with Gasteiger partial charge in [0.2, 0.25) is 5.91 Å². The second-order valence-electron chi connectivity index (χ2n) is 6.99. The Morgan fingerprint density at radius 2 is 2.24 bits per heavy atom. The van der Waals surface area contributed by atoms with E-state index in [1.807, 2.05) is 34.1 Å². The number of aromatic amines is 1. The summed E-state index contributed by atoms with van der Waals surface area (Å²) in [5, 5.41) is 5.65. The number of H-pyrrole nitrogens is 1. The summed E-state index contributed by atoms with van der Waals surface area (Å²) in [7, 11) is 0. The number of carbonyl (C=O) groups is 1. The topological polar surface area (TPSA) is 53.9 Å². The van der Waals surface area contributed by atoms with Crippen molar-refractivity contribution in [2.45, 2.75) is 38.6 Å². The summed E-state index contributed by atoms with van der Waals surface area (Å²) in [4.78, 5) is 18.0. The summed E-state index contributed by atoms with van der Waals surface area (Å²) < 4.78 is 2.02. The van der Waals surface area contributed by atoms with Gasteiger partial charge >= 0.3 is 0 Å². The molecule has 1 aromatic carbocycles. The number of aromatic nitrogens is 3. The van der Waals surface area contributed by atoms with Crippen LogP contribution >= 0.6 is 0 Å². The number of hydrogen-bond donors (Lipinski definition) is 1. The molecule has 3 heterocycles. The van der Waals surface area contributed by atoms with Crippen molar-refractivity contribution in [2.75, 3.05) is 13.1 Å². The van der Waals surface area contributed by atoms with E-state index in [4.69, 9.17) is 0 Å². The largest absolute Gasteiger partial charge is 0.361 e. The van der Waals surface area contributed by atoms with Gasteiger partial charge in [0.05, 0.1) is 12.2 Å². The van der Waals surface area contributed by atoms with Crippen molar-refractivity contribution >= 4 is 16.8 Å². The van der Waals surface area contributed by atoms with Crippen LogP contribution < -0.4 is 0 Å². The number of para-hydroxylation sites is 1. The Labute approximate surface area is 147 Å². The Hall–Kier alpha value is -2.56. The van der Waals surface area contributed by atoms with Crippen LogP contribution in [0.25, 0.3) is 10.9 Å². The van der Waals surface area contributed by atoms with Gasteiger partial charge in [0, 0.05) is 42.8 Å². The maximum atomic E-state index is 12.7. The van der Waals surface area contributed by atoms with E-state index in [1.54, 1.807) is 0 Å². The van der Waals surface area contributed by atoms with Crippen molar-refractivity contribution < 1.29 is 4.79 Å². The van der Waals surface area contributed by atoms with Gasteiger partial charge < -0.3 is 9.88 Å². The number of amides is 1. The van der Waals surface area contributed by atoms with Crippen LogP contribution in [0.3, 0.4) is 0 Å². The van der Waals surface area contributed by atoms with Crippen LogP contribution in [0.4, 0.5) is 0 Å². The van der Waals surface area contributed by atoms with E-state index in [0.29, 0.717) is 12.5 Å². The van der Waals surface area contributed by atoms with Crippen molar-refractivity contribution in [2.24, 2.45) is 0 Å². The molecule has 3 aromatic rings. The standard InChI is InChI=1S/C20H24N4O/c1-15-11-22-24(13-15)17-5-4-10-23(14-17)20(25)9-8-16-12-21-19-7-3-2-6-18(16)19/h2-3,6-7,11-13,17,21H,4-5,8-10,14H2,1H3. The summed E-state index contributed by atoms with van der Waals surface area (Å²) >= 11 is 0. The lowest BCUT2D eigenvalue weighted by Gasteiger charge is -2.33. The highest BCUT2D eigenvalue weighted by atomic mass is 16.2. The Morgan fingerprint density at radius 1 is 1.36 bits per heavy atom. The first-order valence-electron chi connectivity index (χ1n) is 9.04. The molecule has 4 rings (SSSR count). The minimum Gasteiger partial charge on any atom is -0.361 e. The van der Waals surface area contributed by atoms with Crippen molar-refractivity contribution in [1.29, 1.82) is 0 Å². The molecule has 5 heteroatoms. The molecule has 1 N–H and O–H groups in total. The van der Waals surface area contributed by atoms with E-state index in [-0.39, 0.29) is 5.91 Å². The zero-order chi connectivity index (χ0) is 17.2. The van der Waals surface area contributed by atoms with Crippen LogP contribution in [0.2, 0.25) is 0 Å². The van der Waals surface area contributed by atoms with E-state index in [2.05, 4.69) is 35.3 Å². The monoisotopic (exact) mass is 336 g/mol. The van der Waals surface area contributed by atoms with Gasteiger partial charge in [-0.15, -0.1) is 0 Å². The summed E-state index contributed by atoms with van der Waals surface area (Å²) in [5.41, 5.74) is 3.53. The highest BCUT2D eigenvalue weighted by Gasteiger charge is 2.25. The smallest absolute Gasteiger partial charge is 0.222 e. The summed E-state index contributed by atoms with van der Waals surface area (Å²) in [6.07, 6.45) is 9.47. The van der Waals surface area contributed by atoms with Gasteiger partial charge in [0.15, 0.2) is 0 Å². The summed E-state index contributed by atoms with van der Waals surface area (Å²) in [5.74, 6) is 0.249. The third kappa shape index (κ3) is 3.31. The van der Waals surface area contributed by atoms with Crippen molar-refractivity contribution in [3.63, 3.8) is 0 Å². The highest BCUT2D eigenvalue weighted by molar-refractivity contribution is 5.84. The SMILES string of the molecule is Cc1cnn(C2CCCN(C(=O)CCc3c[nH]c4ccccc34)C2)c1. The van der Waals surface area contributed by atoms with Crippen LogP contribution in [-0.2, 0) is 11.2 Å². The van der Waals surface area contributed by atoms with Gasteiger partial charge in [-0.1, -0.05) is 18.2 Å². The predicted octanol–water partition coefficient (Wildman–Crippen LogP) is 3.47. The first kappa shape index (κ1) is 15.9.